The molecule has 0 fully saturated rings. The number of nitrogens with zero attached hydrogens (tertiary/aromatic N) is 1. The number of rotatable bonds is 12. The summed E-state index contributed by atoms with van der Waals surface area (Å²) in [7, 11) is 1.24. The molecule has 0 saturated heterocycles. The lowest BCUT2D eigenvalue weighted by atomic mass is 9.98. The molecule has 2 amide bonds. The van der Waals surface area contributed by atoms with Crippen molar-refractivity contribution in [2.75, 3.05) is 19.0 Å². The van der Waals surface area contributed by atoms with E-state index in [0.717, 1.165) is 27.7 Å². The Labute approximate surface area is 292 Å². The molecule has 5 aromatic carbocycles. The van der Waals surface area contributed by atoms with Crippen LogP contribution >= 0.6 is 0 Å². The first-order valence-corrected chi connectivity index (χ1v) is 15.8. The van der Waals surface area contributed by atoms with Gasteiger partial charge in [-0.2, -0.15) is 13.2 Å². The molecule has 260 valence electrons. The predicted molar refractivity (Wildman–Crippen MR) is 186 cm³/mol. The second-order valence-electron chi connectivity index (χ2n) is 11.8. The number of benzene rings is 5. The number of hydrogen-bond donors (Lipinski definition) is 2. The van der Waals surface area contributed by atoms with Crippen LogP contribution in [0, 0.1) is 6.92 Å². The van der Waals surface area contributed by atoms with Crippen LogP contribution < -0.4 is 10.1 Å². The van der Waals surface area contributed by atoms with E-state index in [1.54, 1.807) is 36.4 Å². The van der Waals surface area contributed by atoms with Crippen LogP contribution in [-0.2, 0) is 28.7 Å². The molecule has 0 aliphatic rings. The lowest BCUT2D eigenvalue weighted by Gasteiger charge is -2.21. The average molecular weight is 695 g/mol. The lowest BCUT2D eigenvalue weighted by Crippen LogP contribution is -2.35. The summed E-state index contributed by atoms with van der Waals surface area (Å²) in [6.07, 6.45) is -5.25. The van der Waals surface area contributed by atoms with Gasteiger partial charge in [-0.15, -0.1) is 0 Å². The van der Waals surface area contributed by atoms with E-state index in [0.29, 0.717) is 16.7 Å². The largest absolute Gasteiger partial charge is 0.497 e. The number of carbonyl (C=O) groups excluding carboxylic acids is 3. The Hall–Kier alpha value is -6.23. The number of anilines is 1. The minimum atomic E-state index is -4.69. The van der Waals surface area contributed by atoms with Crippen molar-refractivity contribution in [1.82, 2.24) is 4.90 Å². The van der Waals surface area contributed by atoms with Gasteiger partial charge in [0.2, 0.25) is 5.91 Å². The number of nitrogens with one attached hydrogen (secondary N) is 1. The Morgan fingerprint density at radius 3 is 1.84 bits per heavy atom. The van der Waals surface area contributed by atoms with Gasteiger partial charge in [0.1, 0.15) is 12.3 Å². The standard InChI is InChI=1S/C40H33F3N2O6/c1-25-3-7-27(8-4-25)28-11-13-30(14-12-28)38(49)29-9-5-26(6-10-29)23-45(24-37(47)48)39(50)31-15-18-33(19-16-31)44-36(46)21-32-17-20-34(51-2)22-35(32)40(41,42)43/h3-20,22H,21,23-24H2,1-2H3,(H,44,46)(H,47,48). The quantitative estimate of drug-likeness (QED) is 0.129. The minimum absolute atomic E-state index is 0.00635. The number of hydrogen-bond acceptors (Lipinski definition) is 5. The Bertz CT molecular complexity index is 2040. The molecule has 8 nitrogen and oxygen atoms in total. The van der Waals surface area contributed by atoms with Crippen molar-refractivity contribution >= 4 is 29.3 Å². The highest BCUT2D eigenvalue weighted by Gasteiger charge is 2.34. The number of alkyl halides is 3. The zero-order valence-electron chi connectivity index (χ0n) is 27.7. The highest BCUT2D eigenvalue weighted by molar-refractivity contribution is 6.09. The summed E-state index contributed by atoms with van der Waals surface area (Å²) < 4.78 is 45.5. The Morgan fingerprint density at radius 1 is 0.745 bits per heavy atom. The van der Waals surface area contributed by atoms with Crippen LogP contribution in [0.1, 0.15) is 48.5 Å². The van der Waals surface area contributed by atoms with Crippen molar-refractivity contribution in [2.45, 2.75) is 26.1 Å². The zero-order valence-corrected chi connectivity index (χ0v) is 27.7. The third kappa shape index (κ3) is 9.27. The number of aliphatic carboxylic acids is 1. The van der Waals surface area contributed by atoms with Gasteiger partial charge in [0.25, 0.3) is 5.91 Å². The van der Waals surface area contributed by atoms with E-state index in [-0.39, 0.29) is 34.9 Å². The van der Waals surface area contributed by atoms with E-state index in [9.17, 15) is 37.5 Å². The predicted octanol–water partition coefficient (Wildman–Crippen LogP) is 7.83. The van der Waals surface area contributed by atoms with Crippen molar-refractivity contribution in [1.29, 1.82) is 0 Å². The fraction of sp³-hybridized carbons (Fsp3) is 0.150. The highest BCUT2D eigenvalue weighted by atomic mass is 19.4. The fourth-order valence-corrected chi connectivity index (χ4v) is 5.43. The summed E-state index contributed by atoms with van der Waals surface area (Å²) in [5, 5.41) is 12.0. The monoisotopic (exact) mass is 694 g/mol. The molecule has 0 saturated carbocycles. The van der Waals surface area contributed by atoms with Crippen LogP contribution in [0.15, 0.2) is 115 Å². The van der Waals surface area contributed by atoms with Gasteiger partial charge in [-0.1, -0.05) is 84.4 Å². The summed E-state index contributed by atoms with van der Waals surface area (Å²) in [6.45, 7) is 1.35. The maximum atomic E-state index is 13.5. The molecule has 11 heteroatoms. The lowest BCUT2D eigenvalue weighted by molar-refractivity contribution is -0.139. The number of carboxylic acids is 1. The molecule has 5 rings (SSSR count). The van der Waals surface area contributed by atoms with Crippen molar-refractivity contribution in [2.24, 2.45) is 0 Å². The zero-order chi connectivity index (χ0) is 36.7. The van der Waals surface area contributed by atoms with Gasteiger partial charge in [-0.05, 0) is 65.6 Å². The maximum Gasteiger partial charge on any atom is 0.416 e. The third-order valence-electron chi connectivity index (χ3n) is 8.12. The minimum Gasteiger partial charge on any atom is -0.497 e. The Morgan fingerprint density at radius 2 is 1.29 bits per heavy atom. The van der Waals surface area contributed by atoms with Gasteiger partial charge in [0.15, 0.2) is 5.78 Å². The molecule has 0 atom stereocenters. The molecule has 5 aromatic rings. The number of methoxy groups -OCH3 is 1. The van der Waals surface area contributed by atoms with Gasteiger partial charge >= 0.3 is 12.1 Å². The summed E-state index contributed by atoms with van der Waals surface area (Å²) in [5.74, 6) is -2.72. The molecular formula is C40H33F3N2O6. The van der Waals surface area contributed by atoms with Crippen LogP contribution in [0.5, 0.6) is 5.75 Å². The van der Waals surface area contributed by atoms with E-state index < -0.39 is 42.5 Å². The van der Waals surface area contributed by atoms with Crippen LogP contribution in [0.4, 0.5) is 18.9 Å². The topological polar surface area (TPSA) is 113 Å². The van der Waals surface area contributed by atoms with Crippen LogP contribution in [0.25, 0.3) is 11.1 Å². The molecule has 0 aromatic heterocycles. The van der Waals surface area contributed by atoms with Crippen LogP contribution in [-0.4, -0.2) is 47.2 Å². The molecule has 51 heavy (non-hydrogen) atoms. The highest BCUT2D eigenvalue weighted by Crippen LogP contribution is 2.35. The number of carboxylic acid groups (broad SMARTS) is 1. The maximum absolute atomic E-state index is 13.5. The molecule has 0 bridgehead atoms. The summed E-state index contributed by atoms with van der Waals surface area (Å²) in [6, 6.07) is 30.8. The molecule has 2 N–H and O–H groups in total. The van der Waals surface area contributed by atoms with E-state index in [1.165, 1.54) is 43.5 Å². The first-order valence-electron chi connectivity index (χ1n) is 15.8. The molecule has 0 radical (unpaired) electrons. The SMILES string of the molecule is COc1ccc(CC(=O)Nc2ccc(C(=O)N(CC(=O)O)Cc3ccc(C(=O)c4ccc(-c5ccc(C)cc5)cc4)cc3)cc2)c(C(F)(F)F)c1. The summed E-state index contributed by atoms with van der Waals surface area (Å²) >= 11 is 0. The Kier molecular flexibility index (Phi) is 11.0. The molecular weight excluding hydrogens is 661 g/mol. The number of ketones is 1. The molecule has 0 aliphatic heterocycles. The number of aryl methyl sites for hydroxylation is 1. The Balaban J connectivity index is 1.22. The number of amides is 2. The average Bonchev–Trinajstić information content (AvgIpc) is 3.11. The second kappa shape index (κ2) is 15.5. The van der Waals surface area contributed by atoms with Gasteiger partial charge in [0.05, 0.1) is 19.1 Å². The van der Waals surface area contributed by atoms with Gasteiger partial charge in [-0.25, -0.2) is 0 Å². The van der Waals surface area contributed by atoms with Crippen molar-refractivity contribution in [3.05, 3.63) is 154 Å². The third-order valence-corrected chi connectivity index (χ3v) is 8.12. The van der Waals surface area contributed by atoms with E-state index in [4.69, 9.17) is 4.74 Å². The number of carbonyl (C=O) groups is 4. The first kappa shape index (κ1) is 36.1. The van der Waals surface area contributed by atoms with Crippen LogP contribution in [0.2, 0.25) is 0 Å². The number of halogens is 3. The van der Waals surface area contributed by atoms with Gasteiger partial charge in [0, 0.05) is 28.9 Å². The van der Waals surface area contributed by atoms with Crippen molar-refractivity contribution in [3.63, 3.8) is 0 Å². The molecule has 0 unspecified atom stereocenters. The second-order valence-corrected chi connectivity index (χ2v) is 11.8. The van der Waals surface area contributed by atoms with E-state index >= 15 is 0 Å². The van der Waals surface area contributed by atoms with E-state index in [2.05, 4.69) is 5.32 Å². The number of ether oxygens (including phenoxy) is 1. The van der Waals surface area contributed by atoms with Crippen molar-refractivity contribution in [3.8, 4) is 16.9 Å². The van der Waals surface area contributed by atoms with Gasteiger partial charge in [-0.3, -0.25) is 19.2 Å². The fourth-order valence-electron chi connectivity index (χ4n) is 5.43. The molecule has 0 aliphatic carbocycles. The van der Waals surface area contributed by atoms with E-state index in [1.807, 2.05) is 43.3 Å². The van der Waals surface area contributed by atoms with Gasteiger partial charge < -0.3 is 20.1 Å². The summed E-state index contributed by atoms with van der Waals surface area (Å²) in [5.41, 5.74) is 3.85. The summed E-state index contributed by atoms with van der Waals surface area (Å²) in [4.78, 5) is 51.9. The molecule has 0 heterocycles. The molecule has 0 spiro atoms. The van der Waals surface area contributed by atoms with Crippen LogP contribution in [0.3, 0.4) is 0 Å². The van der Waals surface area contributed by atoms with Crippen molar-refractivity contribution < 1.29 is 42.2 Å². The first-order chi connectivity index (χ1) is 24.3. The smallest absolute Gasteiger partial charge is 0.416 e. The normalized spacial score (nSPS) is 11.1.